The quantitative estimate of drug-likeness (QED) is 0.347. The second-order valence-electron chi connectivity index (χ2n) is 3.85. The molecule has 0 amide bonds. The highest BCUT2D eigenvalue weighted by molar-refractivity contribution is 4.72. The first kappa shape index (κ1) is 12.9. The fourth-order valence-electron chi connectivity index (χ4n) is 1.93. The summed E-state index contributed by atoms with van der Waals surface area (Å²) in [6.07, 6.45) is 7.63. The molecular formula is C11H26N2. The monoisotopic (exact) mass is 186 g/mol. The summed E-state index contributed by atoms with van der Waals surface area (Å²) in [5, 5.41) is 0. The molecule has 0 saturated heterocycles. The highest BCUT2D eigenvalue weighted by Gasteiger charge is 2.15. The first-order valence-corrected chi connectivity index (χ1v) is 5.76. The number of unbranched alkanes of at least 4 members (excludes halogenated alkanes) is 2. The van der Waals surface area contributed by atoms with E-state index in [1.807, 2.05) is 0 Å². The molecule has 0 rings (SSSR count). The average Bonchev–Trinajstić information content (AvgIpc) is 2.17. The fourth-order valence-corrected chi connectivity index (χ4v) is 1.93. The van der Waals surface area contributed by atoms with Crippen molar-refractivity contribution in [1.29, 1.82) is 0 Å². The van der Waals surface area contributed by atoms with Gasteiger partial charge < -0.3 is 0 Å². The predicted octanol–water partition coefficient (Wildman–Crippen LogP) is 2.83. The number of hydrazine groups is 1. The van der Waals surface area contributed by atoms with Crippen LogP contribution in [0.4, 0.5) is 0 Å². The predicted molar refractivity (Wildman–Crippen MR) is 59.3 cm³/mol. The Balaban J connectivity index is 3.71. The largest absolute Gasteiger partial charge is 0.271 e. The molecule has 2 nitrogen and oxygen atoms in total. The van der Waals surface area contributed by atoms with Crippen LogP contribution in [0.15, 0.2) is 0 Å². The molecular weight excluding hydrogens is 160 g/mol. The highest BCUT2D eigenvalue weighted by atomic mass is 15.2. The molecule has 0 aromatic carbocycles. The van der Waals surface area contributed by atoms with Gasteiger partial charge in [-0.15, -0.1) is 0 Å². The topological polar surface area (TPSA) is 38.0 Å². The van der Waals surface area contributed by atoms with Crippen molar-refractivity contribution >= 4 is 0 Å². The molecule has 2 heteroatoms. The van der Waals surface area contributed by atoms with E-state index in [1.54, 1.807) is 0 Å². The van der Waals surface area contributed by atoms with Gasteiger partial charge in [0.2, 0.25) is 0 Å². The SMILES string of the molecule is CCCCCC(NN)C(CC)CC. The van der Waals surface area contributed by atoms with Gasteiger partial charge >= 0.3 is 0 Å². The third-order valence-corrected chi connectivity index (χ3v) is 2.95. The summed E-state index contributed by atoms with van der Waals surface area (Å²) in [6.45, 7) is 6.73. The Morgan fingerprint density at radius 1 is 1.08 bits per heavy atom. The van der Waals surface area contributed by atoms with Gasteiger partial charge in [0.1, 0.15) is 0 Å². The minimum Gasteiger partial charge on any atom is -0.271 e. The van der Waals surface area contributed by atoms with E-state index in [4.69, 9.17) is 5.84 Å². The van der Waals surface area contributed by atoms with E-state index < -0.39 is 0 Å². The van der Waals surface area contributed by atoms with Crippen LogP contribution < -0.4 is 11.3 Å². The molecule has 0 aliphatic heterocycles. The van der Waals surface area contributed by atoms with Gasteiger partial charge in [0.05, 0.1) is 0 Å². The van der Waals surface area contributed by atoms with Gasteiger partial charge in [0, 0.05) is 6.04 Å². The molecule has 0 radical (unpaired) electrons. The maximum absolute atomic E-state index is 5.56. The Morgan fingerprint density at radius 3 is 2.08 bits per heavy atom. The van der Waals surface area contributed by atoms with E-state index in [0.29, 0.717) is 6.04 Å². The third-order valence-electron chi connectivity index (χ3n) is 2.95. The summed E-state index contributed by atoms with van der Waals surface area (Å²) >= 11 is 0. The minimum atomic E-state index is 0.529. The lowest BCUT2D eigenvalue weighted by molar-refractivity contribution is 0.313. The molecule has 0 aliphatic rings. The molecule has 0 saturated carbocycles. The van der Waals surface area contributed by atoms with E-state index in [-0.39, 0.29) is 0 Å². The molecule has 13 heavy (non-hydrogen) atoms. The van der Waals surface area contributed by atoms with Crippen molar-refractivity contribution in [2.45, 2.75) is 65.3 Å². The summed E-state index contributed by atoms with van der Waals surface area (Å²) in [6, 6.07) is 0.529. The number of nitrogens with one attached hydrogen (secondary N) is 1. The van der Waals surface area contributed by atoms with Gasteiger partial charge in [-0.3, -0.25) is 11.3 Å². The summed E-state index contributed by atoms with van der Waals surface area (Å²) < 4.78 is 0. The maximum atomic E-state index is 5.56. The second-order valence-corrected chi connectivity index (χ2v) is 3.85. The molecule has 0 aromatic rings. The Kier molecular flexibility index (Phi) is 8.46. The van der Waals surface area contributed by atoms with Crippen LogP contribution in [-0.4, -0.2) is 6.04 Å². The lowest BCUT2D eigenvalue weighted by atomic mass is 9.91. The molecule has 0 heterocycles. The summed E-state index contributed by atoms with van der Waals surface area (Å²) in [5.74, 6) is 6.31. The first-order chi connectivity index (χ1) is 6.29. The zero-order valence-electron chi connectivity index (χ0n) is 9.47. The van der Waals surface area contributed by atoms with Gasteiger partial charge in [-0.25, -0.2) is 0 Å². The molecule has 3 N–H and O–H groups in total. The Morgan fingerprint density at radius 2 is 1.69 bits per heavy atom. The number of rotatable bonds is 8. The Bertz CT molecular complexity index is 100. The zero-order valence-corrected chi connectivity index (χ0v) is 9.47. The lowest BCUT2D eigenvalue weighted by Gasteiger charge is -2.24. The molecule has 0 aromatic heterocycles. The van der Waals surface area contributed by atoms with Crippen LogP contribution in [-0.2, 0) is 0 Å². The maximum Gasteiger partial charge on any atom is 0.0238 e. The fraction of sp³-hybridized carbons (Fsp3) is 1.00. The van der Waals surface area contributed by atoms with Crippen molar-refractivity contribution < 1.29 is 0 Å². The number of hydrogen-bond donors (Lipinski definition) is 2. The van der Waals surface area contributed by atoms with Gasteiger partial charge in [0.15, 0.2) is 0 Å². The van der Waals surface area contributed by atoms with Crippen LogP contribution in [0.5, 0.6) is 0 Å². The van der Waals surface area contributed by atoms with Crippen molar-refractivity contribution in [2.75, 3.05) is 0 Å². The first-order valence-electron chi connectivity index (χ1n) is 5.76. The summed E-state index contributed by atoms with van der Waals surface area (Å²) in [5.41, 5.74) is 2.96. The third kappa shape index (κ3) is 5.27. The van der Waals surface area contributed by atoms with Gasteiger partial charge in [0.25, 0.3) is 0 Å². The van der Waals surface area contributed by atoms with E-state index in [2.05, 4.69) is 26.2 Å². The number of nitrogens with two attached hydrogens (primary N) is 1. The summed E-state index contributed by atoms with van der Waals surface area (Å²) in [7, 11) is 0. The lowest BCUT2D eigenvalue weighted by Crippen LogP contribution is -2.40. The van der Waals surface area contributed by atoms with Crippen LogP contribution in [0.1, 0.15) is 59.3 Å². The summed E-state index contributed by atoms with van der Waals surface area (Å²) in [4.78, 5) is 0. The van der Waals surface area contributed by atoms with E-state index in [0.717, 1.165) is 5.92 Å². The molecule has 0 spiro atoms. The van der Waals surface area contributed by atoms with Crippen molar-refractivity contribution in [2.24, 2.45) is 11.8 Å². The van der Waals surface area contributed by atoms with Crippen LogP contribution >= 0.6 is 0 Å². The van der Waals surface area contributed by atoms with Gasteiger partial charge in [-0.2, -0.15) is 0 Å². The second kappa shape index (κ2) is 8.52. The average molecular weight is 186 g/mol. The van der Waals surface area contributed by atoms with Crippen molar-refractivity contribution in [3.8, 4) is 0 Å². The normalized spacial score (nSPS) is 13.6. The minimum absolute atomic E-state index is 0.529. The number of hydrogen-bond acceptors (Lipinski definition) is 2. The van der Waals surface area contributed by atoms with E-state index >= 15 is 0 Å². The van der Waals surface area contributed by atoms with Crippen LogP contribution in [0.25, 0.3) is 0 Å². The Labute approximate surface area is 83.2 Å². The highest BCUT2D eigenvalue weighted by Crippen LogP contribution is 2.17. The smallest absolute Gasteiger partial charge is 0.0238 e. The van der Waals surface area contributed by atoms with E-state index in [9.17, 15) is 0 Å². The van der Waals surface area contributed by atoms with Crippen molar-refractivity contribution in [3.63, 3.8) is 0 Å². The molecule has 1 atom stereocenters. The van der Waals surface area contributed by atoms with Crippen LogP contribution in [0.3, 0.4) is 0 Å². The Hall–Kier alpha value is -0.0800. The molecule has 1 unspecified atom stereocenters. The molecule has 0 aliphatic carbocycles. The van der Waals surface area contributed by atoms with Crippen molar-refractivity contribution in [1.82, 2.24) is 5.43 Å². The van der Waals surface area contributed by atoms with Crippen LogP contribution in [0.2, 0.25) is 0 Å². The standard InChI is InChI=1S/C11H26N2/c1-4-7-8-9-11(13-12)10(5-2)6-3/h10-11,13H,4-9,12H2,1-3H3. The van der Waals surface area contributed by atoms with Crippen LogP contribution in [0, 0.1) is 5.92 Å². The zero-order chi connectivity index (χ0) is 10.1. The molecule has 80 valence electrons. The van der Waals surface area contributed by atoms with Gasteiger partial charge in [-0.1, -0.05) is 52.9 Å². The van der Waals surface area contributed by atoms with E-state index in [1.165, 1.54) is 38.5 Å². The molecule has 0 bridgehead atoms. The van der Waals surface area contributed by atoms with Crippen molar-refractivity contribution in [3.05, 3.63) is 0 Å². The van der Waals surface area contributed by atoms with Gasteiger partial charge in [-0.05, 0) is 12.3 Å². The molecule has 0 fully saturated rings.